The number of benzene rings is 1. The molecular formula is C15H20FN. The Labute approximate surface area is 103 Å². The second kappa shape index (κ2) is 5.46. The van der Waals surface area contributed by atoms with Gasteiger partial charge in [-0.15, -0.1) is 0 Å². The van der Waals surface area contributed by atoms with Gasteiger partial charge in [-0.3, -0.25) is 0 Å². The average Bonchev–Trinajstić information content (AvgIpc) is 2.30. The van der Waals surface area contributed by atoms with Crippen molar-refractivity contribution in [2.45, 2.75) is 38.6 Å². The topological polar surface area (TPSA) is 12.0 Å². The van der Waals surface area contributed by atoms with Crippen LogP contribution in [0.15, 0.2) is 29.8 Å². The molecule has 1 nitrogen and oxygen atoms in total. The monoisotopic (exact) mass is 233 g/mol. The van der Waals surface area contributed by atoms with Crippen molar-refractivity contribution in [2.24, 2.45) is 0 Å². The van der Waals surface area contributed by atoms with Gasteiger partial charge in [-0.2, -0.15) is 0 Å². The Kier molecular flexibility index (Phi) is 3.95. The largest absolute Gasteiger partial charge is 0.310 e. The zero-order chi connectivity index (χ0) is 12.3. The Hall–Kier alpha value is -1.15. The summed E-state index contributed by atoms with van der Waals surface area (Å²) in [4.78, 5) is 0. The van der Waals surface area contributed by atoms with E-state index in [-0.39, 0.29) is 11.9 Å². The highest BCUT2D eigenvalue weighted by molar-refractivity contribution is 5.32. The first-order valence-electron chi connectivity index (χ1n) is 6.34. The van der Waals surface area contributed by atoms with Crippen molar-refractivity contribution in [2.75, 3.05) is 7.05 Å². The maximum atomic E-state index is 13.4. The molecule has 1 unspecified atom stereocenters. The Balaban J connectivity index is 2.31. The SMILES string of the molecule is CNC(C1=CCCCC1)c1cc(C)cc(F)c1. The van der Waals surface area contributed by atoms with Crippen molar-refractivity contribution in [1.29, 1.82) is 0 Å². The predicted octanol–water partition coefficient (Wildman–Crippen LogP) is 3.90. The Morgan fingerprint density at radius 1 is 1.24 bits per heavy atom. The van der Waals surface area contributed by atoms with Crippen LogP contribution in [0.2, 0.25) is 0 Å². The van der Waals surface area contributed by atoms with Gasteiger partial charge in [0.25, 0.3) is 0 Å². The first-order chi connectivity index (χ1) is 8.20. The van der Waals surface area contributed by atoms with Crippen LogP contribution < -0.4 is 5.32 Å². The summed E-state index contributed by atoms with van der Waals surface area (Å²) in [6, 6.07) is 5.46. The van der Waals surface area contributed by atoms with Gasteiger partial charge >= 0.3 is 0 Å². The van der Waals surface area contributed by atoms with E-state index in [2.05, 4.69) is 17.5 Å². The molecular weight excluding hydrogens is 213 g/mol. The number of allylic oxidation sites excluding steroid dienone is 1. The second-order valence-corrected chi connectivity index (χ2v) is 4.81. The van der Waals surface area contributed by atoms with Crippen LogP contribution in [0.25, 0.3) is 0 Å². The zero-order valence-corrected chi connectivity index (χ0v) is 10.6. The van der Waals surface area contributed by atoms with E-state index in [4.69, 9.17) is 0 Å². The molecule has 0 amide bonds. The van der Waals surface area contributed by atoms with Crippen LogP contribution in [-0.4, -0.2) is 7.05 Å². The van der Waals surface area contributed by atoms with Crippen LogP contribution in [0, 0.1) is 12.7 Å². The lowest BCUT2D eigenvalue weighted by Gasteiger charge is -2.23. The van der Waals surface area contributed by atoms with E-state index < -0.39 is 0 Å². The van der Waals surface area contributed by atoms with Crippen molar-refractivity contribution in [1.82, 2.24) is 5.32 Å². The average molecular weight is 233 g/mol. The van der Waals surface area contributed by atoms with E-state index in [0.29, 0.717) is 0 Å². The summed E-state index contributed by atoms with van der Waals surface area (Å²) < 4.78 is 13.4. The smallest absolute Gasteiger partial charge is 0.123 e. The van der Waals surface area contributed by atoms with Crippen LogP contribution in [0.5, 0.6) is 0 Å². The maximum absolute atomic E-state index is 13.4. The molecule has 2 rings (SSSR count). The zero-order valence-electron chi connectivity index (χ0n) is 10.6. The van der Waals surface area contributed by atoms with E-state index in [1.54, 1.807) is 12.1 Å². The summed E-state index contributed by atoms with van der Waals surface area (Å²) in [5, 5.41) is 3.31. The van der Waals surface area contributed by atoms with Crippen molar-refractivity contribution in [3.63, 3.8) is 0 Å². The number of rotatable bonds is 3. The number of hydrogen-bond acceptors (Lipinski definition) is 1. The third kappa shape index (κ3) is 2.95. The minimum atomic E-state index is -0.142. The summed E-state index contributed by atoms with van der Waals surface area (Å²) in [6.45, 7) is 1.94. The minimum Gasteiger partial charge on any atom is -0.310 e. The van der Waals surface area contributed by atoms with E-state index in [9.17, 15) is 4.39 Å². The van der Waals surface area contributed by atoms with Crippen molar-refractivity contribution >= 4 is 0 Å². The quantitative estimate of drug-likeness (QED) is 0.781. The molecule has 0 saturated carbocycles. The molecule has 0 aromatic heterocycles. The molecule has 1 aliphatic rings. The van der Waals surface area contributed by atoms with Gasteiger partial charge in [0.2, 0.25) is 0 Å². The third-order valence-corrected chi connectivity index (χ3v) is 3.38. The molecule has 0 heterocycles. The Morgan fingerprint density at radius 2 is 2.06 bits per heavy atom. The summed E-state index contributed by atoms with van der Waals surface area (Å²) >= 11 is 0. The van der Waals surface area contributed by atoms with Gasteiger partial charge in [0.15, 0.2) is 0 Å². The van der Waals surface area contributed by atoms with Crippen LogP contribution >= 0.6 is 0 Å². The molecule has 17 heavy (non-hydrogen) atoms. The highest BCUT2D eigenvalue weighted by atomic mass is 19.1. The van der Waals surface area contributed by atoms with Gasteiger partial charge in [-0.05, 0) is 62.9 Å². The van der Waals surface area contributed by atoms with Crippen LogP contribution in [0.3, 0.4) is 0 Å². The predicted molar refractivity (Wildman–Crippen MR) is 69.5 cm³/mol. The molecule has 0 radical (unpaired) electrons. The minimum absolute atomic E-state index is 0.142. The Bertz CT molecular complexity index is 403. The molecule has 0 spiro atoms. The lowest BCUT2D eigenvalue weighted by Crippen LogP contribution is -2.20. The van der Waals surface area contributed by atoms with Gasteiger partial charge in [0, 0.05) is 0 Å². The van der Waals surface area contributed by atoms with Gasteiger partial charge in [-0.1, -0.05) is 17.7 Å². The van der Waals surface area contributed by atoms with Crippen LogP contribution in [-0.2, 0) is 0 Å². The van der Waals surface area contributed by atoms with Crippen LogP contribution in [0.1, 0.15) is 42.9 Å². The first-order valence-corrected chi connectivity index (χ1v) is 6.34. The van der Waals surface area contributed by atoms with Crippen molar-refractivity contribution in [3.8, 4) is 0 Å². The highest BCUT2D eigenvalue weighted by Gasteiger charge is 2.17. The standard InChI is InChI=1S/C15H20FN/c1-11-8-13(10-14(16)9-11)15(17-2)12-6-4-3-5-7-12/h6,8-10,15,17H,3-5,7H2,1-2H3. The molecule has 0 saturated heterocycles. The van der Waals surface area contributed by atoms with Gasteiger partial charge in [0.1, 0.15) is 5.82 Å². The normalized spacial score (nSPS) is 17.7. The number of likely N-dealkylation sites (N-methyl/N-ethyl adjacent to an activating group) is 1. The highest BCUT2D eigenvalue weighted by Crippen LogP contribution is 2.30. The first kappa shape index (κ1) is 12.3. The fourth-order valence-electron chi connectivity index (χ4n) is 2.62. The lowest BCUT2D eigenvalue weighted by atomic mass is 9.89. The summed E-state index contributed by atoms with van der Waals surface area (Å²) in [7, 11) is 1.94. The molecule has 1 aromatic carbocycles. The molecule has 0 aliphatic heterocycles. The van der Waals surface area contributed by atoms with Gasteiger partial charge in [-0.25, -0.2) is 4.39 Å². The van der Waals surface area contributed by atoms with Crippen molar-refractivity contribution in [3.05, 3.63) is 46.8 Å². The maximum Gasteiger partial charge on any atom is 0.123 e. The van der Waals surface area contributed by atoms with E-state index in [0.717, 1.165) is 24.0 Å². The number of halogens is 1. The molecule has 1 aliphatic carbocycles. The number of nitrogens with one attached hydrogen (secondary N) is 1. The van der Waals surface area contributed by atoms with Crippen LogP contribution in [0.4, 0.5) is 4.39 Å². The fourth-order valence-corrected chi connectivity index (χ4v) is 2.62. The molecule has 1 N–H and O–H groups in total. The molecule has 1 atom stereocenters. The van der Waals surface area contributed by atoms with E-state index in [1.807, 2.05) is 14.0 Å². The summed E-state index contributed by atoms with van der Waals surface area (Å²) in [5.74, 6) is -0.142. The second-order valence-electron chi connectivity index (χ2n) is 4.81. The summed E-state index contributed by atoms with van der Waals surface area (Å²) in [6.07, 6.45) is 7.12. The molecule has 0 bridgehead atoms. The molecule has 2 heteroatoms. The van der Waals surface area contributed by atoms with E-state index in [1.165, 1.54) is 18.4 Å². The van der Waals surface area contributed by atoms with E-state index >= 15 is 0 Å². The van der Waals surface area contributed by atoms with Gasteiger partial charge < -0.3 is 5.32 Å². The Morgan fingerprint density at radius 3 is 2.65 bits per heavy atom. The molecule has 1 aromatic rings. The third-order valence-electron chi connectivity index (χ3n) is 3.38. The number of aryl methyl sites for hydroxylation is 1. The van der Waals surface area contributed by atoms with Gasteiger partial charge in [0.05, 0.1) is 6.04 Å². The lowest BCUT2D eigenvalue weighted by molar-refractivity contribution is 0.582. The van der Waals surface area contributed by atoms with Crippen molar-refractivity contribution < 1.29 is 4.39 Å². The summed E-state index contributed by atoms with van der Waals surface area (Å²) in [5.41, 5.74) is 3.43. The number of hydrogen-bond donors (Lipinski definition) is 1. The molecule has 0 fully saturated rings. The molecule has 92 valence electrons. The fraction of sp³-hybridized carbons (Fsp3) is 0.467.